The van der Waals surface area contributed by atoms with E-state index < -0.39 is 24.5 Å². The van der Waals surface area contributed by atoms with Crippen molar-refractivity contribution >= 4 is 15.9 Å². The van der Waals surface area contributed by atoms with Gasteiger partial charge in [-0.3, -0.25) is 4.90 Å². The molecule has 0 aromatic heterocycles. The lowest BCUT2D eigenvalue weighted by Gasteiger charge is -2.35. The van der Waals surface area contributed by atoms with E-state index in [1.165, 1.54) is 6.07 Å². The summed E-state index contributed by atoms with van der Waals surface area (Å²) in [5, 5.41) is 3.17. The molecular weight excluding hydrogens is 352 g/mol. The lowest BCUT2D eigenvalue weighted by Crippen LogP contribution is -2.45. The van der Waals surface area contributed by atoms with Crippen LogP contribution in [0.15, 0.2) is 22.7 Å². The Morgan fingerprint density at radius 1 is 1.24 bits per heavy atom. The number of benzene rings is 1. The van der Waals surface area contributed by atoms with Crippen molar-refractivity contribution in [1.82, 2.24) is 10.2 Å². The van der Waals surface area contributed by atoms with Crippen LogP contribution in [-0.4, -0.2) is 37.3 Å². The fourth-order valence-electron chi connectivity index (χ4n) is 2.57. The highest BCUT2D eigenvalue weighted by molar-refractivity contribution is 9.10. The van der Waals surface area contributed by atoms with E-state index in [4.69, 9.17) is 0 Å². The quantitative estimate of drug-likeness (QED) is 0.811. The third-order valence-electron chi connectivity index (χ3n) is 3.62. The molecule has 118 valence electrons. The molecule has 1 aromatic carbocycles. The van der Waals surface area contributed by atoms with Gasteiger partial charge >= 0.3 is 6.18 Å². The van der Waals surface area contributed by atoms with Crippen LogP contribution in [0.2, 0.25) is 0 Å². The molecule has 2 rings (SSSR count). The van der Waals surface area contributed by atoms with Crippen molar-refractivity contribution in [2.24, 2.45) is 0 Å². The second-order valence-electron chi connectivity index (χ2n) is 5.13. The van der Waals surface area contributed by atoms with E-state index in [0.29, 0.717) is 23.1 Å². The van der Waals surface area contributed by atoms with Crippen molar-refractivity contribution in [3.63, 3.8) is 0 Å². The molecule has 1 aliphatic rings. The Labute approximate surface area is 129 Å². The second kappa shape index (κ2) is 7.07. The summed E-state index contributed by atoms with van der Waals surface area (Å²) in [5.41, 5.74) is 0.599. The molecule has 1 aromatic rings. The first kappa shape index (κ1) is 16.7. The highest BCUT2D eigenvalue weighted by Gasteiger charge is 2.31. The Morgan fingerprint density at radius 2 is 1.90 bits per heavy atom. The van der Waals surface area contributed by atoms with Crippen molar-refractivity contribution < 1.29 is 17.6 Å². The first-order valence-corrected chi connectivity index (χ1v) is 7.62. The summed E-state index contributed by atoms with van der Waals surface area (Å²) < 4.78 is 51.6. The molecule has 1 atom stereocenters. The zero-order valence-corrected chi connectivity index (χ0v) is 13.0. The number of piperazine rings is 1. The molecule has 1 saturated heterocycles. The molecule has 0 saturated carbocycles. The number of rotatable bonds is 4. The topological polar surface area (TPSA) is 15.3 Å². The Kier molecular flexibility index (Phi) is 5.62. The fourth-order valence-corrected chi connectivity index (χ4v) is 2.82. The minimum Gasteiger partial charge on any atom is -0.314 e. The maximum atomic E-state index is 13.7. The smallest absolute Gasteiger partial charge is 0.314 e. The number of halogens is 5. The molecule has 0 aliphatic carbocycles. The van der Waals surface area contributed by atoms with Crippen molar-refractivity contribution in [3.05, 3.63) is 34.1 Å². The molecule has 2 nitrogen and oxygen atoms in total. The number of hydrogen-bond acceptors (Lipinski definition) is 2. The van der Waals surface area contributed by atoms with Crippen molar-refractivity contribution in [1.29, 1.82) is 0 Å². The predicted molar refractivity (Wildman–Crippen MR) is 76.6 cm³/mol. The van der Waals surface area contributed by atoms with Crippen LogP contribution in [-0.2, 0) is 0 Å². The van der Waals surface area contributed by atoms with E-state index in [2.05, 4.69) is 21.2 Å². The van der Waals surface area contributed by atoms with Crippen LogP contribution in [0.4, 0.5) is 17.6 Å². The SMILES string of the molecule is Fc1cc([C@@H](CCC(F)(F)F)N2CCNCC2)ccc1Br. The largest absolute Gasteiger partial charge is 0.389 e. The number of alkyl halides is 3. The van der Waals surface area contributed by atoms with Gasteiger partial charge in [0.05, 0.1) is 4.47 Å². The molecule has 1 heterocycles. The molecule has 0 bridgehead atoms. The van der Waals surface area contributed by atoms with Crippen LogP contribution in [0, 0.1) is 5.82 Å². The normalized spacial score (nSPS) is 18.7. The molecule has 0 spiro atoms. The third kappa shape index (κ3) is 4.93. The van der Waals surface area contributed by atoms with Gasteiger partial charge in [0.1, 0.15) is 5.82 Å². The van der Waals surface area contributed by atoms with Gasteiger partial charge in [-0.15, -0.1) is 0 Å². The fraction of sp³-hybridized carbons (Fsp3) is 0.571. The summed E-state index contributed by atoms with van der Waals surface area (Å²) in [5.74, 6) is -0.445. The van der Waals surface area contributed by atoms with Crippen LogP contribution in [0.25, 0.3) is 0 Å². The lowest BCUT2D eigenvalue weighted by molar-refractivity contribution is -0.138. The van der Waals surface area contributed by atoms with Gasteiger partial charge in [-0.05, 0) is 40.0 Å². The zero-order valence-electron chi connectivity index (χ0n) is 11.4. The zero-order chi connectivity index (χ0) is 15.5. The van der Waals surface area contributed by atoms with Gasteiger partial charge in [-0.2, -0.15) is 13.2 Å². The minimum absolute atomic E-state index is 0.0510. The summed E-state index contributed by atoms with van der Waals surface area (Å²) in [6.45, 7) is 2.81. The van der Waals surface area contributed by atoms with Crippen LogP contribution >= 0.6 is 15.9 Å². The van der Waals surface area contributed by atoms with Gasteiger partial charge in [0.25, 0.3) is 0 Å². The molecule has 0 radical (unpaired) electrons. The Morgan fingerprint density at radius 3 is 2.48 bits per heavy atom. The average molecular weight is 369 g/mol. The highest BCUT2D eigenvalue weighted by atomic mass is 79.9. The summed E-state index contributed by atoms with van der Waals surface area (Å²) in [6, 6.07) is 4.16. The van der Waals surface area contributed by atoms with Gasteiger partial charge in [0.15, 0.2) is 0 Å². The van der Waals surface area contributed by atoms with Crippen molar-refractivity contribution in [3.8, 4) is 0 Å². The van der Waals surface area contributed by atoms with E-state index in [1.807, 2.05) is 4.90 Å². The molecule has 7 heteroatoms. The summed E-state index contributed by atoms with van der Waals surface area (Å²) in [7, 11) is 0. The van der Waals surface area contributed by atoms with Gasteiger partial charge in [-0.1, -0.05) is 6.07 Å². The molecule has 1 fully saturated rings. The van der Waals surface area contributed by atoms with Crippen LogP contribution in [0.1, 0.15) is 24.4 Å². The van der Waals surface area contributed by atoms with Gasteiger partial charge < -0.3 is 5.32 Å². The Balaban J connectivity index is 2.18. The third-order valence-corrected chi connectivity index (χ3v) is 4.27. The molecule has 21 heavy (non-hydrogen) atoms. The molecule has 0 unspecified atom stereocenters. The monoisotopic (exact) mass is 368 g/mol. The van der Waals surface area contributed by atoms with Crippen LogP contribution in [0.5, 0.6) is 0 Å². The van der Waals surface area contributed by atoms with Crippen LogP contribution in [0.3, 0.4) is 0 Å². The van der Waals surface area contributed by atoms with Gasteiger partial charge in [0, 0.05) is 38.6 Å². The first-order valence-electron chi connectivity index (χ1n) is 6.83. The first-order chi connectivity index (χ1) is 9.87. The maximum absolute atomic E-state index is 13.7. The molecule has 1 N–H and O–H groups in total. The summed E-state index contributed by atoms with van der Waals surface area (Å²) in [6.07, 6.45) is -5.11. The van der Waals surface area contributed by atoms with Crippen LogP contribution < -0.4 is 5.32 Å². The van der Waals surface area contributed by atoms with E-state index in [9.17, 15) is 17.6 Å². The van der Waals surface area contributed by atoms with Crippen molar-refractivity contribution in [2.45, 2.75) is 25.1 Å². The van der Waals surface area contributed by atoms with E-state index in [0.717, 1.165) is 13.1 Å². The molecule has 1 aliphatic heterocycles. The van der Waals surface area contributed by atoms with Gasteiger partial charge in [-0.25, -0.2) is 4.39 Å². The Hall–Kier alpha value is -0.660. The maximum Gasteiger partial charge on any atom is 0.389 e. The average Bonchev–Trinajstić information content (AvgIpc) is 2.43. The second-order valence-corrected chi connectivity index (χ2v) is 5.98. The summed E-state index contributed by atoms with van der Waals surface area (Å²) >= 11 is 3.07. The minimum atomic E-state index is -4.19. The van der Waals surface area contributed by atoms with E-state index in [1.54, 1.807) is 12.1 Å². The van der Waals surface area contributed by atoms with Gasteiger partial charge in [0.2, 0.25) is 0 Å². The standard InChI is InChI=1S/C14H17BrF4N2/c15-11-2-1-10(9-12(11)16)13(3-4-14(17,18)19)21-7-5-20-6-8-21/h1-2,9,13,20H,3-8H2/t13-/m1/s1. The summed E-state index contributed by atoms with van der Waals surface area (Å²) in [4.78, 5) is 1.99. The number of hydrogen-bond donors (Lipinski definition) is 1. The Bertz CT molecular complexity index is 473. The molecular formula is C14H17BrF4N2. The van der Waals surface area contributed by atoms with E-state index >= 15 is 0 Å². The number of nitrogens with one attached hydrogen (secondary N) is 1. The number of nitrogens with zero attached hydrogens (tertiary/aromatic N) is 1. The predicted octanol–water partition coefficient (Wildman–Crippen LogP) is 3.88. The van der Waals surface area contributed by atoms with E-state index in [-0.39, 0.29) is 6.42 Å². The lowest BCUT2D eigenvalue weighted by atomic mass is 9.99. The molecule has 0 amide bonds. The van der Waals surface area contributed by atoms with Crippen molar-refractivity contribution in [2.75, 3.05) is 26.2 Å². The highest BCUT2D eigenvalue weighted by Crippen LogP contribution is 2.33.